The number of nitrogens with zero attached hydrogens (tertiary/aromatic N) is 1. The molecule has 4 aromatic rings. The second kappa shape index (κ2) is 8.26. The fraction of sp³-hybridized carbons (Fsp3) is 0.0909. The van der Waals surface area contributed by atoms with Crippen molar-refractivity contribution in [2.45, 2.75) is 0 Å². The topological polar surface area (TPSA) is 73.6 Å². The minimum Gasteiger partial charge on any atom is -0.493 e. The molecule has 1 aromatic heterocycles. The molecule has 1 N–H and O–H groups in total. The van der Waals surface area contributed by atoms with E-state index in [1.165, 1.54) is 14.2 Å². The molecule has 0 aliphatic carbocycles. The summed E-state index contributed by atoms with van der Waals surface area (Å²) in [5.41, 5.74) is 2.73. The molecule has 0 unspecified atom stereocenters. The average molecular weight is 443 g/mol. The van der Waals surface area contributed by atoms with Gasteiger partial charge in [0.25, 0.3) is 5.91 Å². The summed E-state index contributed by atoms with van der Waals surface area (Å²) in [7, 11) is 3.04. The molecule has 152 valence electrons. The standard InChI is InChI=1S/C22H16Cl2N2O4/c1-28-19-7-4-12(10-20(19)29-2)21(27)25-16-9-13(3-6-15(16)24)22-26-17-11-14(23)5-8-18(17)30-22/h3-11H,1-2H3,(H,25,27). The largest absolute Gasteiger partial charge is 0.493 e. The summed E-state index contributed by atoms with van der Waals surface area (Å²) in [6.45, 7) is 0. The summed E-state index contributed by atoms with van der Waals surface area (Å²) in [4.78, 5) is 17.2. The van der Waals surface area contributed by atoms with E-state index in [-0.39, 0.29) is 5.91 Å². The van der Waals surface area contributed by atoms with Crippen molar-refractivity contribution in [3.05, 3.63) is 70.2 Å². The number of nitrogens with one attached hydrogen (secondary N) is 1. The van der Waals surface area contributed by atoms with Crippen molar-refractivity contribution in [3.63, 3.8) is 0 Å². The highest BCUT2D eigenvalue weighted by Crippen LogP contribution is 2.32. The van der Waals surface area contributed by atoms with Crippen LogP contribution in [0.15, 0.2) is 59.0 Å². The molecule has 0 atom stereocenters. The molecule has 6 nitrogen and oxygen atoms in total. The first-order valence-electron chi connectivity index (χ1n) is 8.88. The SMILES string of the molecule is COc1ccc(C(=O)Nc2cc(-c3nc4cc(Cl)ccc4o3)ccc2Cl)cc1OC. The molecule has 0 fully saturated rings. The van der Waals surface area contributed by atoms with Gasteiger partial charge in [0, 0.05) is 16.1 Å². The van der Waals surface area contributed by atoms with E-state index in [9.17, 15) is 4.79 Å². The Morgan fingerprint density at radius 1 is 0.967 bits per heavy atom. The van der Waals surface area contributed by atoms with Gasteiger partial charge in [-0.15, -0.1) is 0 Å². The van der Waals surface area contributed by atoms with Gasteiger partial charge in [-0.25, -0.2) is 4.98 Å². The monoisotopic (exact) mass is 442 g/mol. The second-order valence-corrected chi connectivity index (χ2v) is 7.19. The van der Waals surface area contributed by atoms with Crippen LogP contribution in [0.1, 0.15) is 10.4 Å². The van der Waals surface area contributed by atoms with Crippen LogP contribution < -0.4 is 14.8 Å². The number of aromatic nitrogens is 1. The zero-order valence-electron chi connectivity index (χ0n) is 16.0. The molecule has 0 aliphatic heterocycles. The van der Waals surface area contributed by atoms with E-state index in [0.717, 1.165) is 0 Å². The zero-order chi connectivity index (χ0) is 21.3. The van der Waals surface area contributed by atoms with Gasteiger partial charge in [0.05, 0.1) is 24.9 Å². The van der Waals surface area contributed by atoms with Gasteiger partial charge in [0.15, 0.2) is 17.1 Å². The maximum Gasteiger partial charge on any atom is 0.255 e. The molecule has 0 aliphatic rings. The van der Waals surface area contributed by atoms with Crippen molar-refractivity contribution in [1.29, 1.82) is 0 Å². The number of amides is 1. The lowest BCUT2D eigenvalue weighted by Gasteiger charge is -2.11. The number of oxazole rings is 1. The van der Waals surface area contributed by atoms with Crippen molar-refractivity contribution in [3.8, 4) is 23.0 Å². The predicted molar refractivity (Wildman–Crippen MR) is 117 cm³/mol. The number of halogens is 2. The highest BCUT2D eigenvalue weighted by Gasteiger charge is 2.15. The Hall–Kier alpha value is -3.22. The van der Waals surface area contributed by atoms with Crippen molar-refractivity contribution in [2.75, 3.05) is 19.5 Å². The van der Waals surface area contributed by atoms with E-state index in [4.69, 9.17) is 37.1 Å². The second-order valence-electron chi connectivity index (χ2n) is 6.35. The van der Waals surface area contributed by atoms with Gasteiger partial charge >= 0.3 is 0 Å². The molecule has 1 amide bonds. The Balaban J connectivity index is 1.64. The number of benzene rings is 3. The molecule has 0 bridgehead atoms. The van der Waals surface area contributed by atoms with Gasteiger partial charge in [-0.05, 0) is 54.6 Å². The van der Waals surface area contributed by atoms with Gasteiger partial charge in [0.2, 0.25) is 5.89 Å². The van der Waals surface area contributed by atoms with Crippen LogP contribution >= 0.6 is 23.2 Å². The molecule has 4 rings (SSSR count). The van der Waals surface area contributed by atoms with Crippen molar-refractivity contribution >= 4 is 45.9 Å². The van der Waals surface area contributed by atoms with E-state index >= 15 is 0 Å². The molecular weight excluding hydrogens is 427 g/mol. The number of methoxy groups -OCH3 is 2. The van der Waals surface area contributed by atoms with Crippen LogP contribution in [0, 0.1) is 0 Å². The summed E-state index contributed by atoms with van der Waals surface area (Å²) >= 11 is 12.3. The van der Waals surface area contributed by atoms with Crippen LogP contribution in [-0.4, -0.2) is 25.1 Å². The first kappa shape index (κ1) is 20.1. The van der Waals surface area contributed by atoms with E-state index in [1.807, 2.05) is 0 Å². The van der Waals surface area contributed by atoms with Gasteiger partial charge < -0.3 is 19.2 Å². The zero-order valence-corrected chi connectivity index (χ0v) is 17.5. The lowest BCUT2D eigenvalue weighted by molar-refractivity contribution is 0.102. The first-order chi connectivity index (χ1) is 14.5. The summed E-state index contributed by atoms with van der Waals surface area (Å²) in [6.07, 6.45) is 0. The minimum atomic E-state index is -0.348. The summed E-state index contributed by atoms with van der Waals surface area (Å²) in [6, 6.07) is 15.2. The predicted octanol–water partition coefficient (Wildman–Crippen LogP) is 6.07. The van der Waals surface area contributed by atoms with E-state index in [1.54, 1.807) is 54.6 Å². The van der Waals surface area contributed by atoms with Gasteiger partial charge in [-0.2, -0.15) is 0 Å². The number of rotatable bonds is 5. The fourth-order valence-electron chi connectivity index (χ4n) is 2.95. The molecule has 0 radical (unpaired) electrons. The molecule has 8 heteroatoms. The van der Waals surface area contributed by atoms with Crippen LogP contribution in [0.3, 0.4) is 0 Å². The van der Waals surface area contributed by atoms with Crippen LogP contribution in [0.2, 0.25) is 10.0 Å². The summed E-state index contributed by atoms with van der Waals surface area (Å²) in [5, 5.41) is 3.76. The molecular formula is C22H16Cl2N2O4. The van der Waals surface area contributed by atoms with E-state index in [2.05, 4.69) is 10.3 Å². The summed E-state index contributed by atoms with van der Waals surface area (Å²) in [5.74, 6) is 1.03. The smallest absolute Gasteiger partial charge is 0.255 e. The van der Waals surface area contributed by atoms with Crippen LogP contribution in [-0.2, 0) is 0 Å². The van der Waals surface area contributed by atoms with Crippen LogP contribution in [0.4, 0.5) is 5.69 Å². The molecule has 0 saturated heterocycles. The van der Waals surface area contributed by atoms with Crippen LogP contribution in [0.25, 0.3) is 22.6 Å². The molecule has 0 saturated carbocycles. The number of carbonyl (C=O) groups excluding carboxylic acids is 1. The third-order valence-corrected chi connectivity index (χ3v) is 5.02. The number of anilines is 1. The Morgan fingerprint density at radius 2 is 1.77 bits per heavy atom. The number of carbonyl (C=O) groups is 1. The van der Waals surface area contributed by atoms with E-state index < -0.39 is 0 Å². The maximum absolute atomic E-state index is 12.7. The Bertz CT molecular complexity index is 1250. The summed E-state index contributed by atoms with van der Waals surface area (Å²) < 4.78 is 16.2. The number of fused-ring (bicyclic) bond motifs is 1. The van der Waals surface area contributed by atoms with E-state index in [0.29, 0.717) is 55.3 Å². The third-order valence-electron chi connectivity index (χ3n) is 4.46. The third kappa shape index (κ3) is 3.92. The Kier molecular flexibility index (Phi) is 5.53. The molecule has 3 aromatic carbocycles. The lowest BCUT2D eigenvalue weighted by atomic mass is 10.1. The quantitative estimate of drug-likeness (QED) is 0.405. The number of hydrogen-bond donors (Lipinski definition) is 1. The minimum absolute atomic E-state index is 0.348. The Labute approximate surface area is 182 Å². The lowest BCUT2D eigenvalue weighted by Crippen LogP contribution is -2.12. The van der Waals surface area contributed by atoms with Gasteiger partial charge in [-0.1, -0.05) is 23.2 Å². The maximum atomic E-state index is 12.7. The molecule has 0 spiro atoms. The van der Waals surface area contributed by atoms with Gasteiger partial charge in [-0.3, -0.25) is 4.79 Å². The first-order valence-corrected chi connectivity index (χ1v) is 9.63. The highest BCUT2D eigenvalue weighted by atomic mass is 35.5. The number of hydrogen-bond acceptors (Lipinski definition) is 5. The average Bonchev–Trinajstić information content (AvgIpc) is 3.17. The van der Waals surface area contributed by atoms with Gasteiger partial charge in [0.1, 0.15) is 5.52 Å². The fourth-order valence-corrected chi connectivity index (χ4v) is 3.28. The molecule has 1 heterocycles. The van der Waals surface area contributed by atoms with Crippen molar-refractivity contribution in [1.82, 2.24) is 4.98 Å². The molecule has 30 heavy (non-hydrogen) atoms. The van der Waals surface area contributed by atoms with Crippen molar-refractivity contribution < 1.29 is 18.7 Å². The highest BCUT2D eigenvalue weighted by molar-refractivity contribution is 6.34. The van der Waals surface area contributed by atoms with Crippen LogP contribution in [0.5, 0.6) is 11.5 Å². The Morgan fingerprint density at radius 3 is 2.53 bits per heavy atom. The number of ether oxygens (including phenoxy) is 2. The van der Waals surface area contributed by atoms with Crippen molar-refractivity contribution in [2.24, 2.45) is 0 Å². The normalized spacial score (nSPS) is 10.8.